The average Bonchev–Trinajstić information content (AvgIpc) is 2.22. The minimum atomic E-state index is 0.453. The summed E-state index contributed by atoms with van der Waals surface area (Å²) >= 11 is 2.32. The third kappa shape index (κ3) is 4.49. The van der Waals surface area contributed by atoms with E-state index in [1.54, 1.807) is 7.11 Å². The summed E-state index contributed by atoms with van der Waals surface area (Å²) < 4.78 is 6.42. The highest BCUT2D eigenvalue weighted by molar-refractivity contribution is 14.1. The highest BCUT2D eigenvalue weighted by Crippen LogP contribution is 2.10. The zero-order chi connectivity index (χ0) is 11.3. The number of ether oxygens (including phenoxy) is 1. The predicted octanol–water partition coefficient (Wildman–Crippen LogP) is 2.76. The van der Waals surface area contributed by atoms with Gasteiger partial charge in [-0.2, -0.15) is 0 Å². The van der Waals surface area contributed by atoms with Crippen LogP contribution in [0.2, 0.25) is 0 Å². The minimum absolute atomic E-state index is 0.453. The van der Waals surface area contributed by atoms with Crippen molar-refractivity contribution in [1.82, 2.24) is 4.90 Å². The van der Waals surface area contributed by atoms with Gasteiger partial charge < -0.3 is 4.74 Å². The standard InChI is InChI=1S/C12H18INO/c1-10(9-15-3)14(2)8-11-4-6-12(13)7-5-11/h4-7,10H,8-9H2,1-3H3. The van der Waals surface area contributed by atoms with Crippen LogP contribution in [0.25, 0.3) is 0 Å². The first-order valence-electron chi connectivity index (χ1n) is 5.07. The van der Waals surface area contributed by atoms with E-state index in [0.29, 0.717) is 6.04 Å². The molecule has 0 N–H and O–H groups in total. The Morgan fingerprint density at radius 3 is 2.47 bits per heavy atom. The van der Waals surface area contributed by atoms with Crippen LogP contribution in [0.15, 0.2) is 24.3 Å². The summed E-state index contributed by atoms with van der Waals surface area (Å²) in [7, 11) is 3.87. The summed E-state index contributed by atoms with van der Waals surface area (Å²) in [4.78, 5) is 2.30. The van der Waals surface area contributed by atoms with Crippen molar-refractivity contribution in [3.63, 3.8) is 0 Å². The Morgan fingerprint density at radius 2 is 1.93 bits per heavy atom. The van der Waals surface area contributed by atoms with Crippen LogP contribution < -0.4 is 0 Å². The number of halogens is 1. The second kappa shape index (κ2) is 6.45. The fraction of sp³-hybridized carbons (Fsp3) is 0.500. The molecule has 0 saturated heterocycles. The van der Waals surface area contributed by atoms with Gasteiger partial charge in [0.05, 0.1) is 6.61 Å². The lowest BCUT2D eigenvalue weighted by atomic mass is 10.2. The molecule has 1 aromatic rings. The van der Waals surface area contributed by atoms with Crippen LogP contribution in [0.3, 0.4) is 0 Å². The van der Waals surface area contributed by atoms with Gasteiger partial charge >= 0.3 is 0 Å². The number of hydrogen-bond donors (Lipinski definition) is 0. The van der Waals surface area contributed by atoms with E-state index in [2.05, 4.69) is 65.7 Å². The molecule has 0 radical (unpaired) electrons. The molecule has 0 spiro atoms. The van der Waals surface area contributed by atoms with Gasteiger partial charge in [-0.1, -0.05) is 12.1 Å². The molecule has 3 heteroatoms. The van der Waals surface area contributed by atoms with E-state index in [-0.39, 0.29) is 0 Å². The Kier molecular flexibility index (Phi) is 5.56. The quantitative estimate of drug-likeness (QED) is 0.774. The largest absolute Gasteiger partial charge is 0.383 e. The molecule has 84 valence electrons. The maximum Gasteiger partial charge on any atom is 0.0615 e. The fourth-order valence-electron chi connectivity index (χ4n) is 1.40. The SMILES string of the molecule is COCC(C)N(C)Cc1ccc(I)cc1. The van der Waals surface area contributed by atoms with Crippen LogP contribution in [-0.2, 0) is 11.3 Å². The van der Waals surface area contributed by atoms with Gasteiger partial charge in [-0.3, -0.25) is 4.90 Å². The Bertz CT molecular complexity index is 286. The Hall–Kier alpha value is -0.130. The molecule has 0 saturated carbocycles. The highest BCUT2D eigenvalue weighted by Gasteiger charge is 2.08. The smallest absolute Gasteiger partial charge is 0.0615 e. The van der Waals surface area contributed by atoms with E-state index in [1.807, 2.05) is 0 Å². The molecule has 1 rings (SSSR count). The van der Waals surface area contributed by atoms with Gasteiger partial charge in [-0.25, -0.2) is 0 Å². The van der Waals surface area contributed by atoms with Crippen LogP contribution >= 0.6 is 22.6 Å². The van der Waals surface area contributed by atoms with E-state index in [1.165, 1.54) is 9.13 Å². The maximum atomic E-state index is 5.14. The summed E-state index contributed by atoms with van der Waals surface area (Å²) in [5.74, 6) is 0. The van der Waals surface area contributed by atoms with Crippen LogP contribution in [-0.4, -0.2) is 31.7 Å². The normalized spacial score (nSPS) is 13.1. The molecule has 0 amide bonds. The summed E-state index contributed by atoms with van der Waals surface area (Å²) in [6, 6.07) is 9.10. The first-order chi connectivity index (χ1) is 7.13. The van der Waals surface area contributed by atoms with Crippen molar-refractivity contribution in [2.24, 2.45) is 0 Å². The monoisotopic (exact) mass is 319 g/mol. The number of nitrogens with zero attached hydrogens (tertiary/aromatic N) is 1. The van der Waals surface area contributed by atoms with E-state index in [4.69, 9.17) is 4.74 Å². The van der Waals surface area contributed by atoms with Crippen molar-refractivity contribution in [1.29, 1.82) is 0 Å². The number of benzene rings is 1. The second-order valence-electron chi connectivity index (χ2n) is 3.85. The zero-order valence-electron chi connectivity index (χ0n) is 9.53. The molecule has 0 aliphatic carbocycles. The average molecular weight is 319 g/mol. The molecule has 1 atom stereocenters. The van der Waals surface area contributed by atoms with E-state index in [9.17, 15) is 0 Å². The molecule has 0 aliphatic rings. The number of rotatable bonds is 5. The molecule has 1 unspecified atom stereocenters. The summed E-state index contributed by atoms with van der Waals surface area (Å²) in [6.07, 6.45) is 0. The number of likely N-dealkylation sites (N-methyl/N-ethyl adjacent to an activating group) is 1. The molecule has 0 fully saturated rings. The number of methoxy groups -OCH3 is 1. The minimum Gasteiger partial charge on any atom is -0.383 e. The van der Waals surface area contributed by atoms with Gasteiger partial charge in [0, 0.05) is 23.3 Å². The fourth-order valence-corrected chi connectivity index (χ4v) is 1.76. The van der Waals surface area contributed by atoms with Gasteiger partial charge in [-0.05, 0) is 54.3 Å². The van der Waals surface area contributed by atoms with Crippen molar-refractivity contribution in [2.45, 2.75) is 19.5 Å². The van der Waals surface area contributed by atoms with E-state index >= 15 is 0 Å². The van der Waals surface area contributed by atoms with Crippen molar-refractivity contribution in [2.75, 3.05) is 20.8 Å². The lowest BCUT2D eigenvalue weighted by molar-refractivity contribution is 0.112. The molecule has 15 heavy (non-hydrogen) atoms. The Labute approximate surface area is 106 Å². The number of hydrogen-bond acceptors (Lipinski definition) is 2. The molecule has 0 aromatic heterocycles. The summed E-state index contributed by atoms with van der Waals surface area (Å²) in [5.41, 5.74) is 1.35. The van der Waals surface area contributed by atoms with Crippen LogP contribution in [0.5, 0.6) is 0 Å². The van der Waals surface area contributed by atoms with Crippen molar-refractivity contribution in [3.05, 3.63) is 33.4 Å². The van der Waals surface area contributed by atoms with Gasteiger partial charge in [0.15, 0.2) is 0 Å². The summed E-state index contributed by atoms with van der Waals surface area (Å²) in [5, 5.41) is 0. The molecule has 0 bridgehead atoms. The van der Waals surface area contributed by atoms with Crippen LogP contribution in [0.4, 0.5) is 0 Å². The van der Waals surface area contributed by atoms with E-state index in [0.717, 1.165) is 13.2 Å². The predicted molar refractivity (Wildman–Crippen MR) is 72.0 cm³/mol. The lowest BCUT2D eigenvalue weighted by Gasteiger charge is -2.23. The Morgan fingerprint density at radius 1 is 1.33 bits per heavy atom. The van der Waals surface area contributed by atoms with E-state index < -0.39 is 0 Å². The Balaban J connectivity index is 2.50. The molecule has 0 aliphatic heterocycles. The van der Waals surface area contributed by atoms with Crippen LogP contribution in [0, 0.1) is 3.57 Å². The topological polar surface area (TPSA) is 12.5 Å². The first-order valence-corrected chi connectivity index (χ1v) is 6.15. The molecular formula is C12H18INO. The third-order valence-corrected chi connectivity index (χ3v) is 3.22. The first kappa shape index (κ1) is 12.9. The molecule has 1 aromatic carbocycles. The summed E-state index contributed by atoms with van der Waals surface area (Å²) in [6.45, 7) is 3.93. The lowest BCUT2D eigenvalue weighted by Crippen LogP contribution is -2.32. The van der Waals surface area contributed by atoms with Gasteiger partial charge in [0.25, 0.3) is 0 Å². The van der Waals surface area contributed by atoms with Gasteiger partial charge in [0.2, 0.25) is 0 Å². The van der Waals surface area contributed by atoms with Crippen LogP contribution in [0.1, 0.15) is 12.5 Å². The van der Waals surface area contributed by atoms with Gasteiger partial charge in [0.1, 0.15) is 0 Å². The van der Waals surface area contributed by atoms with Crippen molar-refractivity contribution < 1.29 is 4.74 Å². The third-order valence-electron chi connectivity index (χ3n) is 2.51. The van der Waals surface area contributed by atoms with Gasteiger partial charge in [-0.15, -0.1) is 0 Å². The zero-order valence-corrected chi connectivity index (χ0v) is 11.7. The molecule has 0 heterocycles. The second-order valence-corrected chi connectivity index (χ2v) is 5.09. The maximum absolute atomic E-state index is 5.14. The van der Waals surface area contributed by atoms with Crippen molar-refractivity contribution in [3.8, 4) is 0 Å². The highest BCUT2D eigenvalue weighted by atomic mass is 127. The molecular weight excluding hydrogens is 301 g/mol. The van der Waals surface area contributed by atoms with Crippen molar-refractivity contribution >= 4 is 22.6 Å². The molecule has 2 nitrogen and oxygen atoms in total.